The van der Waals surface area contributed by atoms with Gasteiger partial charge in [0.1, 0.15) is 24.1 Å². The predicted molar refractivity (Wildman–Crippen MR) is 70.2 cm³/mol. The van der Waals surface area contributed by atoms with Gasteiger partial charge in [0.05, 0.1) is 5.69 Å². The van der Waals surface area contributed by atoms with Crippen molar-refractivity contribution in [2.75, 3.05) is 17.9 Å². The smallest absolute Gasteiger partial charge is 0.161 e. The molecule has 6 nitrogen and oxygen atoms in total. The van der Waals surface area contributed by atoms with Crippen LogP contribution in [-0.4, -0.2) is 17.1 Å². The van der Waals surface area contributed by atoms with Gasteiger partial charge in [-0.2, -0.15) is 0 Å². The molecule has 1 heterocycles. The molecule has 9 heteroatoms. The fraction of sp³-hybridized carbons (Fsp3) is 0.167. The first-order valence-corrected chi connectivity index (χ1v) is 5.78. The summed E-state index contributed by atoms with van der Waals surface area (Å²) in [5, 5.41) is 2.53. The van der Waals surface area contributed by atoms with E-state index in [-0.39, 0.29) is 29.8 Å². The molecule has 112 valence electrons. The number of hydrogen-bond acceptors (Lipinski definition) is 6. The maximum atomic E-state index is 13.6. The van der Waals surface area contributed by atoms with E-state index in [9.17, 15) is 13.2 Å². The Morgan fingerprint density at radius 1 is 1.05 bits per heavy atom. The first-order valence-electron chi connectivity index (χ1n) is 5.78. The molecule has 2 aromatic rings. The number of nitrogens with two attached hydrogens (primary N) is 1. The third-order valence-electron chi connectivity index (χ3n) is 2.47. The summed E-state index contributed by atoms with van der Waals surface area (Å²) in [4.78, 5) is 8.03. The van der Waals surface area contributed by atoms with Gasteiger partial charge in [-0.25, -0.2) is 29.0 Å². The molecule has 1 aromatic heterocycles. The summed E-state index contributed by atoms with van der Waals surface area (Å²) < 4.78 is 44.5. The highest BCUT2D eigenvalue weighted by Crippen LogP contribution is 2.23. The zero-order valence-electron chi connectivity index (χ0n) is 11.0. The molecule has 2 rings (SSSR count). The number of benzene rings is 1. The van der Waals surface area contributed by atoms with Crippen LogP contribution < -0.4 is 16.6 Å². The number of nitrogens with zero attached hydrogens (tertiary/aromatic N) is 2. The number of hydrogen-bond donors (Lipinski definition) is 3. The summed E-state index contributed by atoms with van der Waals surface area (Å²) >= 11 is 0. The zero-order valence-corrected chi connectivity index (χ0v) is 11.0. The SMILES string of the molecule is COCc1nc(NN)cc(Nc2cc(F)c(F)cc2F)n1. The predicted octanol–water partition coefficient (Wildman–Crippen LogP) is 2.07. The van der Waals surface area contributed by atoms with Crippen molar-refractivity contribution >= 4 is 17.3 Å². The summed E-state index contributed by atoms with van der Waals surface area (Å²) in [6.45, 7) is 0.102. The lowest BCUT2D eigenvalue weighted by molar-refractivity contribution is 0.178. The molecule has 0 amide bonds. The Morgan fingerprint density at radius 3 is 2.38 bits per heavy atom. The van der Waals surface area contributed by atoms with Crippen molar-refractivity contribution in [3.8, 4) is 0 Å². The van der Waals surface area contributed by atoms with Gasteiger partial charge in [-0.15, -0.1) is 0 Å². The van der Waals surface area contributed by atoms with Crippen LogP contribution in [0.4, 0.5) is 30.5 Å². The molecule has 0 aliphatic heterocycles. The second-order valence-corrected chi connectivity index (χ2v) is 4.00. The largest absolute Gasteiger partial charge is 0.377 e. The van der Waals surface area contributed by atoms with Crippen LogP contribution in [-0.2, 0) is 11.3 Å². The Morgan fingerprint density at radius 2 is 1.71 bits per heavy atom. The summed E-state index contributed by atoms with van der Waals surface area (Å²) in [6.07, 6.45) is 0. The number of methoxy groups -OCH3 is 1. The average molecular weight is 299 g/mol. The average Bonchev–Trinajstić information content (AvgIpc) is 2.45. The van der Waals surface area contributed by atoms with Crippen LogP contribution >= 0.6 is 0 Å². The van der Waals surface area contributed by atoms with Gasteiger partial charge in [0, 0.05) is 25.3 Å². The number of rotatable bonds is 5. The number of nitrogen functional groups attached to an aromatic ring is 1. The Kier molecular flexibility index (Phi) is 4.55. The fourth-order valence-corrected chi connectivity index (χ4v) is 1.59. The molecule has 0 bridgehead atoms. The van der Waals surface area contributed by atoms with Gasteiger partial charge in [-0.3, -0.25) is 0 Å². The van der Waals surface area contributed by atoms with Gasteiger partial charge in [0.2, 0.25) is 0 Å². The lowest BCUT2D eigenvalue weighted by atomic mass is 10.3. The van der Waals surface area contributed by atoms with Crippen LogP contribution in [0.25, 0.3) is 0 Å². The van der Waals surface area contributed by atoms with Gasteiger partial charge in [0.25, 0.3) is 0 Å². The molecule has 1 aromatic carbocycles. The minimum absolute atomic E-state index is 0.102. The molecule has 0 saturated carbocycles. The first kappa shape index (κ1) is 15.0. The van der Waals surface area contributed by atoms with E-state index in [4.69, 9.17) is 10.6 Å². The number of hydrazine groups is 1. The van der Waals surface area contributed by atoms with Gasteiger partial charge in [-0.1, -0.05) is 0 Å². The first-order chi connectivity index (χ1) is 10.0. The van der Waals surface area contributed by atoms with Crippen LogP contribution in [0, 0.1) is 17.5 Å². The van der Waals surface area contributed by atoms with Gasteiger partial charge in [0.15, 0.2) is 17.5 Å². The minimum atomic E-state index is -1.27. The van der Waals surface area contributed by atoms with Crippen molar-refractivity contribution in [2.45, 2.75) is 6.61 Å². The van der Waals surface area contributed by atoms with Crippen molar-refractivity contribution in [2.24, 2.45) is 5.84 Å². The fourth-order valence-electron chi connectivity index (χ4n) is 1.59. The monoisotopic (exact) mass is 299 g/mol. The standard InChI is InChI=1S/C12H12F3N5O/c1-21-5-12-18-10(4-11(19-12)20-16)17-9-3-7(14)6(13)2-8(9)15/h2-4H,5,16H2,1H3,(H2,17,18,19,20). The zero-order chi connectivity index (χ0) is 15.4. The van der Waals surface area contributed by atoms with Gasteiger partial charge < -0.3 is 15.5 Å². The minimum Gasteiger partial charge on any atom is -0.377 e. The molecule has 0 aliphatic rings. The molecule has 0 atom stereocenters. The van der Waals surface area contributed by atoms with Crippen LogP contribution in [0.3, 0.4) is 0 Å². The summed E-state index contributed by atoms with van der Waals surface area (Å²) in [7, 11) is 1.45. The number of ether oxygens (including phenoxy) is 1. The Hall–Kier alpha value is -2.39. The van der Waals surface area contributed by atoms with E-state index in [0.29, 0.717) is 12.1 Å². The second-order valence-electron chi connectivity index (χ2n) is 4.00. The second kappa shape index (κ2) is 6.37. The molecule has 4 N–H and O–H groups in total. The van der Waals surface area contributed by atoms with Gasteiger partial charge >= 0.3 is 0 Å². The van der Waals surface area contributed by atoms with Crippen molar-refractivity contribution in [1.82, 2.24) is 9.97 Å². The van der Waals surface area contributed by atoms with Crippen molar-refractivity contribution in [3.05, 3.63) is 41.5 Å². The topological polar surface area (TPSA) is 85.1 Å². The molecule has 0 aliphatic carbocycles. The molecular weight excluding hydrogens is 287 g/mol. The van der Waals surface area contributed by atoms with Crippen LogP contribution in [0.15, 0.2) is 18.2 Å². The van der Waals surface area contributed by atoms with E-state index in [2.05, 4.69) is 20.7 Å². The van der Waals surface area contributed by atoms with Crippen LogP contribution in [0.5, 0.6) is 0 Å². The highest BCUT2D eigenvalue weighted by atomic mass is 19.2. The van der Waals surface area contributed by atoms with E-state index in [1.54, 1.807) is 0 Å². The van der Waals surface area contributed by atoms with E-state index < -0.39 is 17.5 Å². The third-order valence-corrected chi connectivity index (χ3v) is 2.47. The van der Waals surface area contributed by atoms with E-state index >= 15 is 0 Å². The lowest BCUT2D eigenvalue weighted by Gasteiger charge is -2.10. The number of aromatic nitrogens is 2. The van der Waals surface area contributed by atoms with Crippen LogP contribution in [0.2, 0.25) is 0 Å². The number of anilines is 3. The molecule has 21 heavy (non-hydrogen) atoms. The molecular formula is C12H12F3N5O. The molecule has 0 radical (unpaired) electrons. The Bertz CT molecular complexity index is 653. The summed E-state index contributed by atoms with van der Waals surface area (Å²) in [5.41, 5.74) is 2.05. The molecule has 0 fully saturated rings. The molecule has 0 spiro atoms. The highest BCUT2D eigenvalue weighted by molar-refractivity contribution is 5.59. The third kappa shape index (κ3) is 3.58. The quantitative estimate of drug-likeness (QED) is 0.445. The molecule has 0 unspecified atom stereocenters. The number of halogens is 3. The summed E-state index contributed by atoms with van der Waals surface area (Å²) in [6, 6.07) is 2.51. The normalized spacial score (nSPS) is 10.5. The lowest BCUT2D eigenvalue weighted by Crippen LogP contribution is -2.12. The van der Waals surface area contributed by atoms with E-state index in [1.807, 2.05) is 0 Å². The Labute approximate surface area is 118 Å². The maximum absolute atomic E-state index is 13.6. The van der Waals surface area contributed by atoms with Crippen molar-refractivity contribution in [3.63, 3.8) is 0 Å². The molecule has 0 saturated heterocycles. The Balaban J connectivity index is 2.34. The van der Waals surface area contributed by atoms with Crippen LogP contribution in [0.1, 0.15) is 5.82 Å². The van der Waals surface area contributed by atoms with E-state index in [1.165, 1.54) is 13.2 Å². The van der Waals surface area contributed by atoms with Gasteiger partial charge in [-0.05, 0) is 0 Å². The maximum Gasteiger partial charge on any atom is 0.161 e. The number of nitrogens with one attached hydrogen (secondary N) is 2. The highest BCUT2D eigenvalue weighted by Gasteiger charge is 2.11. The van der Waals surface area contributed by atoms with Crippen molar-refractivity contribution in [1.29, 1.82) is 0 Å². The van der Waals surface area contributed by atoms with E-state index in [0.717, 1.165) is 0 Å². The summed E-state index contributed by atoms with van der Waals surface area (Å²) in [5.74, 6) is 2.53. The van der Waals surface area contributed by atoms with Crippen molar-refractivity contribution < 1.29 is 17.9 Å².